The van der Waals surface area contributed by atoms with Gasteiger partial charge < -0.3 is 9.47 Å². The van der Waals surface area contributed by atoms with Gasteiger partial charge in [-0.1, -0.05) is 0 Å². The largest absolute Gasteiger partial charge is 0.384 e. The molecule has 0 N–H and O–H groups in total. The van der Waals surface area contributed by atoms with Crippen LogP contribution in [0.2, 0.25) is 0 Å². The monoisotopic (exact) mass is 237 g/mol. The summed E-state index contributed by atoms with van der Waals surface area (Å²) in [4.78, 5) is 0. The fourth-order valence-electron chi connectivity index (χ4n) is 1.66. The van der Waals surface area contributed by atoms with Crippen LogP contribution in [-0.2, 0) is 19.5 Å². The lowest BCUT2D eigenvalue weighted by atomic mass is 10.1. The fraction of sp³-hybridized carbons (Fsp3) is 1.00. The van der Waals surface area contributed by atoms with Crippen LogP contribution in [-0.4, -0.2) is 57.5 Å². The Hall–Kier alpha value is -0.170. The van der Waals surface area contributed by atoms with Crippen molar-refractivity contribution in [3.63, 3.8) is 0 Å². The van der Waals surface area contributed by atoms with Crippen molar-refractivity contribution in [1.82, 2.24) is 4.31 Å². The van der Waals surface area contributed by atoms with Crippen LogP contribution in [0.1, 0.15) is 13.8 Å². The van der Waals surface area contributed by atoms with E-state index in [0.29, 0.717) is 19.8 Å². The van der Waals surface area contributed by atoms with E-state index in [1.54, 1.807) is 0 Å². The number of sulfonamides is 1. The van der Waals surface area contributed by atoms with Crippen molar-refractivity contribution in [2.45, 2.75) is 19.4 Å². The molecular formula is C9H19NO4S. The van der Waals surface area contributed by atoms with Gasteiger partial charge in [-0.2, -0.15) is 4.31 Å². The van der Waals surface area contributed by atoms with E-state index in [9.17, 15) is 8.42 Å². The number of hydrogen-bond acceptors (Lipinski definition) is 4. The minimum atomic E-state index is -3.22. The van der Waals surface area contributed by atoms with Crippen LogP contribution in [0.3, 0.4) is 0 Å². The van der Waals surface area contributed by atoms with E-state index in [-0.39, 0.29) is 12.4 Å². The van der Waals surface area contributed by atoms with Gasteiger partial charge in [-0.25, -0.2) is 8.42 Å². The van der Waals surface area contributed by atoms with E-state index in [2.05, 4.69) is 0 Å². The SMILES string of the molecule is COCCS(=O)(=O)N1CCOCC1(C)C. The first-order valence-electron chi connectivity index (χ1n) is 4.97. The van der Waals surface area contributed by atoms with Gasteiger partial charge in [0, 0.05) is 13.7 Å². The number of nitrogens with zero attached hydrogens (tertiary/aromatic N) is 1. The van der Waals surface area contributed by atoms with Crippen LogP contribution < -0.4 is 0 Å². The van der Waals surface area contributed by atoms with Crippen LogP contribution in [0.15, 0.2) is 0 Å². The Morgan fingerprint density at radius 1 is 1.47 bits per heavy atom. The summed E-state index contributed by atoms with van der Waals surface area (Å²) in [6, 6.07) is 0. The fourth-order valence-corrected chi connectivity index (χ4v) is 3.41. The van der Waals surface area contributed by atoms with Gasteiger partial charge in [0.1, 0.15) is 0 Å². The summed E-state index contributed by atoms with van der Waals surface area (Å²) in [6.45, 7) is 5.32. The number of morpholine rings is 1. The Kier molecular flexibility index (Phi) is 4.11. The Balaban J connectivity index is 2.76. The summed E-state index contributed by atoms with van der Waals surface area (Å²) in [7, 11) is -1.72. The molecule has 1 aliphatic heterocycles. The van der Waals surface area contributed by atoms with Crippen LogP contribution in [0.25, 0.3) is 0 Å². The van der Waals surface area contributed by atoms with Gasteiger partial charge in [0.25, 0.3) is 0 Å². The van der Waals surface area contributed by atoms with Crippen LogP contribution >= 0.6 is 0 Å². The summed E-state index contributed by atoms with van der Waals surface area (Å²) in [6.07, 6.45) is 0. The molecule has 0 amide bonds. The van der Waals surface area contributed by atoms with Crippen molar-refractivity contribution in [3.8, 4) is 0 Å². The van der Waals surface area contributed by atoms with Crippen molar-refractivity contribution in [2.75, 3.05) is 39.2 Å². The van der Waals surface area contributed by atoms with Crippen molar-refractivity contribution >= 4 is 10.0 Å². The molecule has 15 heavy (non-hydrogen) atoms. The molecular weight excluding hydrogens is 218 g/mol. The topological polar surface area (TPSA) is 55.8 Å². The van der Waals surface area contributed by atoms with Crippen LogP contribution in [0.4, 0.5) is 0 Å². The van der Waals surface area contributed by atoms with Gasteiger partial charge in [0.2, 0.25) is 10.0 Å². The number of methoxy groups -OCH3 is 1. The molecule has 0 saturated carbocycles. The van der Waals surface area contributed by atoms with E-state index >= 15 is 0 Å². The lowest BCUT2D eigenvalue weighted by molar-refractivity contribution is -0.00790. The van der Waals surface area contributed by atoms with Gasteiger partial charge in [-0.3, -0.25) is 0 Å². The molecule has 1 aliphatic rings. The van der Waals surface area contributed by atoms with Crippen molar-refractivity contribution in [3.05, 3.63) is 0 Å². The quantitative estimate of drug-likeness (QED) is 0.694. The summed E-state index contributed by atoms with van der Waals surface area (Å²) < 4.78 is 35.5. The Bertz CT molecular complexity index is 299. The molecule has 0 aromatic rings. The van der Waals surface area contributed by atoms with Crippen molar-refractivity contribution in [1.29, 1.82) is 0 Å². The predicted octanol–water partition coefficient (Wildman–Crippen LogP) is 0.0734. The molecule has 90 valence electrons. The second-order valence-corrected chi connectivity index (χ2v) is 6.26. The molecule has 1 saturated heterocycles. The number of rotatable bonds is 4. The molecule has 0 aromatic carbocycles. The lowest BCUT2D eigenvalue weighted by Crippen LogP contribution is -2.56. The van der Waals surface area contributed by atoms with E-state index < -0.39 is 15.6 Å². The molecule has 0 atom stereocenters. The molecule has 0 bridgehead atoms. The van der Waals surface area contributed by atoms with Gasteiger partial charge in [0.05, 0.1) is 31.1 Å². The molecule has 6 heteroatoms. The van der Waals surface area contributed by atoms with Crippen LogP contribution in [0, 0.1) is 0 Å². The first kappa shape index (κ1) is 12.9. The van der Waals surface area contributed by atoms with E-state index in [1.165, 1.54) is 11.4 Å². The third-order valence-electron chi connectivity index (χ3n) is 2.45. The highest BCUT2D eigenvalue weighted by atomic mass is 32.2. The first-order chi connectivity index (χ1) is 6.90. The highest BCUT2D eigenvalue weighted by Crippen LogP contribution is 2.22. The zero-order chi connectivity index (χ0) is 11.5. The summed E-state index contributed by atoms with van der Waals surface area (Å²) in [5.74, 6) is 0.0347. The summed E-state index contributed by atoms with van der Waals surface area (Å²) in [5.41, 5.74) is -0.454. The van der Waals surface area contributed by atoms with Gasteiger partial charge in [0.15, 0.2) is 0 Å². The van der Waals surface area contributed by atoms with E-state index in [0.717, 1.165) is 0 Å². The summed E-state index contributed by atoms with van der Waals surface area (Å²) in [5, 5.41) is 0. The molecule has 1 heterocycles. The average molecular weight is 237 g/mol. The van der Waals surface area contributed by atoms with Crippen molar-refractivity contribution < 1.29 is 17.9 Å². The second kappa shape index (κ2) is 4.78. The van der Waals surface area contributed by atoms with Gasteiger partial charge >= 0.3 is 0 Å². The highest BCUT2D eigenvalue weighted by Gasteiger charge is 2.38. The molecule has 5 nitrogen and oxygen atoms in total. The molecule has 0 spiro atoms. The molecule has 0 aliphatic carbocycles. The number of hydrogen-bond donors (Lipinski definition) is 0. The number of ether oxygens (including phenoxy) is 2. The molecule has 0 unspecified atom stereocenters. The first-order valence-corrected chi connectivity index (χ1v) is 6.58. The summed E-state index contributed by atoms with van der Waals surface area (Å²) >= 11 is 0. The Morgan fingerprint density at radius 3 is 2.67 bits per heavy atom. The second-order valence-electron chi connectivity index (χ2n) is 4.25. The molecule has 1 rings (SSSR count). The van der Waals surface area contributed by atoms with Crippen LogP contribution in [0.5, 0.6) is 0 Å². The molecule has 0 radical (unpaired) electrons. The maximum absolute atomic E-state index is 12.0. The maximum atomic E-state index is 12.0. The standard InChI is InChI=1S/C9H19NO4S/c1-9(2)8-14-5-4-10(9)15(11,12)7-6-13-3/h4-8H2,1-3H3. The van der Waals surface area contributed by atoms with E-state index in [4.69, 9.17) is 9.47 Å². The Morgan fingerprint density at radius 2 is 2.13 bits per heavy atom. The zero-order valence-electron chi connectivity index (χ0n) is 9.52. The highest BCUT2D eigenvalue weighted by molar-refractivity contribution is 7.89. The normalized spacial score (nSPS) is 22.9. The minimum absolute atomic E-state index is 0.0347. The zero-order valence-corrected chi connectivity index (χ0v) is 10.3. The average Bonchev–Trinajstić information content (AvgIpc) is 2.13. The van der Waals surface area contributed by atoms with Gasteiger partial charge in [-0.05, 0) is 13.8 Å². The maximum Gasteiger partial charge on any atom is 0.217 e. The molecule has 1 fully saturated rings. The van der Waals surface area contributed by atoms with Gasteiger partial charge in [-0.15, -0.1) is 0 Å². The smallest absolute Gasteiger partial charge is 0.217 e. The third kappa shape index (κ3) is 3.14. The van der Waals surface area contributed by atoms with E-state index in [1.807, 2.05) is 13.8 Å². The molecule has 0 aromatic heterocycles. The third-order valence-corrected chi connectivity index (χ3v) is 4.48. The minimum Gasteiger partial charge on any atom is -0.384 e. The lowest BCUT2D eigenvalue weighted by Gasteiger charge is -2.40. The Labute approximate surface area is 91.4 Å². The van der Waals surface area contributed by atoms with Crippen molar-refractivity contribution in [2.24, 2.45) is 0 Å². The predicted molar refractivity (Wildman–Crippen MR) is 57.3 cm³/mol.